The van der Waals surface area contributed by atoms with Crippen LogP contribution < -0.4 is 5.32 Å². The van der Waals surface area contributed by atoms with E-state index in [1.54, 1.807) is 0 Å². The van der Waals surface area contributed by atoms with Crippen LogP contribution in [0.4, 0.5) is 0 Å². The predicted molar refractivity (Wildman–Crippen MR) is 113 cm³/mol. The average molecular weight is 413 g/mol. The van der Waals surface area contributed by atoms with Gasteiger partial charge in [-0.25, -0.2) is 0 Å². The summed E-state index contributed by atoms with van der Waals surface area (Å²) in [4.78, 5) is 9.44. The summed E-state index contributed by atoms with van der Waals surface area (Å²) in [6, 6.07) is 6.46. The lowest BCUT2D eigenvalue weighted by molar-refractivity contribution is 0.0195. The highest BCUT2D eigenvalue weighted by Gasteiger charge is 2.31. The second-order valence-corrected chi connectivity index (χ2v) is 8.76. The smallest absolute Gasteiger partial charge is 0.193 e. The minimum Gasteiger partial charge on any atom is -0.379 e. The summed E-state index contributed by atoms with van der Waals surface area (Å²) in [6.45, 7) is 11.0. The molecule has 5 nitrogen and oxygen atoms in total. The predicted octanol–water partition coefficient (Wildman–Crippen LogP) is 3.25. The van der Waals surface area contributed by atoms with Crippen molar-refractivity contribution in [1.29, 1.82) is 0 Å². The first kappa shape index (κ1) is 20.7. The van der Waals surface area contributed by atoms with Crippen molar-refractivity contribution in [3.05, 3.63) is 33.8 Å². The van der Waals surface area contributed by atoms with Gasteiger partial charge in [0.15, 0.2) is 5.96 Å². The molecule has 0 bridgehead atoms. The van der Waals surface area contributed by atoms with Crippen LogP contribution in [0.25, 0.3) is 0 Å². The van der Waals surface area contributed by atoms with Gasteiger partial charge in [-0.2, -0.15) is 0 Å². The zero-order valence-electron chi connectivity index (χ0n) is 16.5. The number of halogens is 2. The lowest BCUT2D eigenvalue weighted by Gasteiger charge is -2.33. The molecule has 1 aromatic rings. The van der Waals surface area contributed by atoms with Crippen LogP contribution >= 0.6 is 23.2 Å². The van der Waals surface area contributed by atoms with E-state index in [0.717, 1.165) is 57.5 Å². The summed E-state index contributed by atoms with van der Waals surface area (Å²) < 4.78 is 5.48. The number of rotatable bonds is 4. The van der Waals surface area contributed by atoms with Crippen molar-refractivity contribution < 1.29 is 4.74 Å². The number of ether oxygens (including phenoxy) is 1. The summed E-state index contributed by atoms with van der Waals surface area (Å²) in [7, 11) is 1.86. The molecule has 2 aliphatic heterocycles. The molecule has 2 aliphatic rings. The SMILES string of the molecule is CN=C(NCC(C)(C)c1ccc(Cl)c(Cl)c1)N1CCC(N2CCOCC2)C1. The Kier molecular flexibility index (Phi) is 6.90. The number of morpholine rings is 1. The molecule has 1 unspecified atom stereocenters. The molecule has 150 valence electrons. The maximum absolute atomic E-state index is 6.21. The summed E-state index contributed by atoms with van der Waals surface area (Å²) in [5, 5.41) is 4.75. The lowest BCUT2D eigenvalue weighted by atomic mass is 9.84. The third kappa shape index (κ3) is 5.08. The molecule has 1 N–H and O–H groups in total. The number of hydrogen-bond donors (Lipinski definition) is 1. The van der Waals surface area contributed by atoms with Crippen molar-refractivity contribution in [1.82, 2.24) is 15.1 Å². The Morgan fingerprint density at radius 2 is 1.96 bits per heavy atom. The number of aliphatic imine (C=N–C) groups is 1. The number of guanidine groups is 1. The summed E-state index contributed by atoms with van der Waals surface area (Å²) in [5.41, 5.74) is 1.07. The van der Waals surface area contributed by atoms with E-state index >= 15 is 0 Å². The van der Waals surface area contributed by atoms with Crippen molar-refractivity contribution in [2.75, 3.05) is 53.0 Å². The average Bonchev–Trinajstić information content (AvgIpc) is 3.15. The Balaban J connectivity index is 1.58. The number of nitrogens with one attached hydrogen (secondary N) is 1. The fourth-order valence-electron chi connectivity index (χ4n) is 3.83. The molecule has 1 atom stereocenters. The molecule has 0 saturated carbocycles. The van der Waals surface area contributed by atoms with Gasteiger partial charge in [0.05, 0.1) is 23.3 Å². The van der Waals surface area contributed by atoms with Crippen molar-refractivity contribution in [3.8, 4) is 0 Å². The molecule has 0 aliphatic carbocycles. The number of hydrogen-bond acceptors (Lipinski definition) is 3. The number of likely N-dealkylation sites (tertiary alicyclic amines) is 1. The molecule has 0 amide bonds. The van der Waals surface area contributed by atoms with Crippen LogP contribution in [0, 0.1) is 0 Å². The minimum absolute atomic E-state index is 0.0898. The molecule has 1 aromatic carbocycles. The molecule has 3 rings (SSSR count). The van der Waals surface area contributed by atoms with Crippen LogP contribution in [0.1, 0.15) is 25.8 Å². The summed E-state index contributed by atoms with van der Waals surface area (Å²) in [6.07, 6.45) is 1.18. The number of benzene rings is 1. The first-order chi connectivity index (χ1) is 12.9. The fourth-order valence-corrected chi connectivity index (χ4v) is 4.12. The van der Waals surface area contributed by atoms with Crippen LogP contribution in [0.5, 0.6) is 0 Å². The van der Waals surface area contributed by atoms with Gasteiger partial charge < -0.3 is 15.0 Å². The van der Waals surface area contributed by atoms with Gasteiger partial charge in [0.25, 0.3) is 0 Å². The van der Waals surface area contributed by atoms with E-state index in [9.17, 15) is 0 Å². The first-order valence-electron chi connectivity index (χ1n) is 9.63. The van der Waals surface area contributed by atoms with Crippen LogP contribution in [-0.4, -0.2) is 74.8 Å². The van der Waals surface area contributed by atoms with Gasteiger partial charge in [0.2, 0.25) is 0 Å². The van der Waals surface area contributed by atoms with E-state index in [4.69, 9.17) is 27.9 Å². The second-order valence-electron chi connectivity index (χ2n) is 7.95. The standard InChI is InChI=1S/C20H30Cl2N4O/c1-20(2,15-4-5-17(21)18(22)12-15)14-24-19(23-3)26-7-6-16(13-26)25-8-10-27-11-9-25/h4-5,12,16H,6-11,13-14H2,1-3H3,(H,23,24). The molecule has 2 fully saturated rings. The Morgan fingerprint density at radius 3 is 2.63 bits per heavy atom. The van der Waals surface area contributed by atoms with Gasteiger partial charge in [0.1, 0.15) is 0 Å². The van der Waals surface area contributed by atoms with Crippen LogP contribution in [0.15, 0.2) is 23.2 Å². The molecule has 2 heterocycles. The van der Waals surface area contributed by atoms with E-state index in [1.165, 1.54) is 6.42 Å². The van der Waals surface area contributed by atoms with Gasteiger partial charge in [-0.3, -0.25) is 9.89 Å². The molecular weight excluding hydrogens is 383 g/mol. The van der Waals surface area contributed by atoms with Crippen molar-refractivity contribution in [3.63, 3.8) is 0 Å². The van der Waals surface area contributed by atoms with E-state index in [-0.39, 0.29) is 5.41 Å². The largest absolute Gasteiger partial charge is 0.379 e. The molecule has 0 spiro atoms. The molecule has 27 heavy (non-hydrogen) atoms. The number of nitrogens with zero attached hydrogens (tertiary/aromatic N) is 3. The highest BCUT2D eigenvalue weighted by molar-refractivity contribution is 6.42. The second kappa shape index (κ2) is 8.99. The van der Waals surface area contributed by atoms with Gasteiger partial charge in [-0.1, -0.05) is 43.1 Å². The molecular formula is C20H30Cl2N4O. The van der Waals surface area contributed by atoms with Gasteiger partial charge in [-0.05, 0) is 24.1 Å². The molecule has 2 saturated heterocycles. The van der Waals surface area contributed by atoms with E-state index in [1.807, 2.05) is 25.2 Å². The summed E-state index contributed by atoms with van der Waals surface area (Å²) in [5.74, 6) is 0.971. The summed E-state index contributed by atoms with van der Waals surface area (Å²) >= 11 is 12.3. The first-order valence-corrected chi connectivity index (χ1v) is 10.4. The van der Waals surface area contributed by atoms with Gasteiger partial charge in [0, 0.05) is 51.2 Å². The van der Waals surface area contributed by atoms with Crippen molar-refractivity contribution in [2.45, 2.75) is 31.7 Å². The van der Waals surface area contributed by atoms with Gasteiger partial charge in [-0.15, -0.1) is 0 Å². The van der Waals surface area contributed by atoms with Crippen LogP contribution in [-0.2, 0) is 10.2 Å². The fraction of sp³-hybridized carbons (Fsp3) is 0.650. The Morgan fingerprint density at radius 1 is 1.22 bits per heavy atom. The third-order valence-corrected chi connectivity index (χ3v) is 6.37. The highest BCUT2D eigenvalue weighted by Crippen LogP contribution is 2.29. The van der Waals surface area contributed by atoms with Crippen LogP contribution in [0.3, 0.4) is 0 Å². The van der Waals surface area contributed by atoms with Gasteiger partial charge >= 0.3 is 0 Å². The normalized spacial score (nSPS) is 22.3. The molecule has 7 heteroatoms. The zero-order valence-corrected chi connectivity index (χ0v) is 18.0. The molecule has 0 aromatic heterocycles. The Labute approximate surface area is 172 Å². The Bertz CT molecular complexity index is 674. The highest BCUT2D eigenvalue weighted by atomic mass is 35.5. The topological polar surface area (TPSA) is 40.1 Å². The Hall–Kier alpha value is -1.01. The quantitative estimate of drug-likeness (QED) is 0.608. The monoisotopic (exact) mass is 412 g/mol. The maximum atomic E-state index is 6.21. The minimum atomic E-state index is -0.0898. The van der Waals surface area contributed by atoms with E-state index in [0.29, 0.717) is 16.1 Å². The lowest BCUT2D eigenvalue weighted by Crippen LogP contribution is -2.48. The van der Waals surface area contributed by atoms with E-state index < -0.39 is 0 Å². The zero-order chi connectivity index (χ0) is 19.4. The maximum Gasteiger partial charge on any atom is 0.193 e. The molecule has 0 radical (unpaired) electrons. The van der Waals surface area contributed by atoms with Crippen molar-refractivity contribution >= 4 is 29.2 Å². The third-order valence-electron chi connectivity index (χ3n) is 5.63. The van der Waals surface area contributed by atoms with E-state index in [2.05, 4.69) is 34.0 Å². The van der Waals surface area contributed by atoms with Crippen molar-refractivity contribution in [2.24, 2.45) is 4.99 Å². The van der Waals surface area contributed by atoms with Crippen LogP contribution in [0.2, 0.25) is 10.0 Å².